The molecule has 0 radical (unpaired) electrons. The van der Waals surface area contributed by atoms with E-state index in [1.165, 1.54) is 25.7 Å². The molecule has 0 spiro atoms. The summed E-state index contributed by atoms with van der Waals surface area (Å²) in [7, 11) is -4.04. The van der Waals surface area contributed by atoms with Crippen LogP contribution in [0.25, 0.3) is 0 Å². The van der Waals surface area contributed by atoms with Crippen LogP contribution in [0.4, 0.5) is 0 Å². The van der Waals surface area contributed by atoms with E-state index in [4.69, 9.17) is 15.5 Å². The topological polar surface area (TPSA) is 83.6 Å². The van der Waals surface area contributed by atoms with Gasteiger partial charge in [-0.15, -0.1) is 0 Å². The normalized spacial score (nSPS) is 22.1. The number of rotatable bonds is 4. The fourth-order valence-corrected chi connectivity index (χ4v) is 2.36. The van der Waals surface area contributed by atoms with Crippen LogP contribution in [-0.4, -0.2) is 15.6 Å². The summed E-state index contributed by atoms with van der Waals surface area (Å²) in [6.45, 7) is 0. The molecule has 1 rings (SSSR count). The highest BCUT2D eigenvalue weighted by Crippen LogP contribution is 2.41. The van der Waals surface area contributed by atoms with E-state index in [1.54, 1.807) is 0 Å². The van der Waals surface area contributed by atoms with Crippen molar-refractivity contribution >= 4 is 7.60 Å². The molecular formula is C8H18NO3P. The van der Waals surface area contributed by atoms with Gasteiger partial charge >= 0.3 is 7.60 Å². The van der Waals surface area contributed by atoms with Gasteiger partial charge in [0.05, 0.1) is 0 Å². The lowest BCUT2D eigenvalue weighted by atomic mass is 10.0. The van der Waals surface area contributed by atoms with E-state index >= 15 is 0 Å². The van der Waals surface area contributed by atoms with Crippen LogP contribution < -0.4 is 5.73 Å². The van der Waals surface area contributed by atoms with E-state index in [0.717, 1.165) is 6.42 Å². The quantitative estimate of drug-likeness (QED) is 0.609. The van der Waals surface area contributed by atoms with Gasteiger partial charge in [-0.1, -0.05) is 25.7 Å². The Morgan fingerprint density at radius 3 is 2.38 bits per heavy atom. The molecule has 13 heavy (non-hydrogen) atoms. The summed E-state index contributed by atoms with van der Waals surface area (Å²) in [6.07, 6.45) is 6.24. The van der Waals surface area contributed by atoms with Gasteiger partial charge in [-0.25, -0.2) is 0 Å². The van der Waals surface area contributed by atoms with Crippen LogP contribution in [0.3, 0.4) is 0 Å². The van der Waals surface area contributed by atoms with Crippen LogP contribution in [0.15, 0.2) is 0 Å². The second-order valence-corrected chi connectivity index (χ2v) is 5.73. The average Bonchev–Trinajstić information content (AvgIpc) is 2.50. The predicted molar refractivity (Wildman–Crippen MR) is 51.2 cm³/mol. The average molecular weight is 207 g/mol. The molecule has 1 atom stereocenters. The van der Waals surface area contributed by atoms with Crippen molar-refractivity contribution in [3.8, 4) is 0 Å². The monoisotopic (exact) mass is 207 g/mol. The standard InChI is InChI=1S/C8H18NO3P/c9-8(13(10,11)12)6-5-7-3-1-2-4-7/h7-8H,1-6,9H2,(H2,10,11,12)/t8-/m1/s1. The molecule has 0 aromatic heterocycles. The third kappa shape index (κ3) is 3.77. The largest absolute Gasteiger partial charge is 0.342 e. The summed E-state index contributed by atoms with van der Waals surface area (Å²) < 4.78 is 10.7. The maximum Gasteiger partial charge on any atom is 0.342 e. The minimum atomic E-state index is -4.04. The van der Waals surface area contributed by atoms with Crippen LogP contribution in [0.1, 0.15) is 38.5 Å². The van der Waals surface area contributed by atoms with Crippen molar-refractivity contribution in [1.82, 2.24) is 0 Å². The van der Waals surface area contributed by atoms with Crippen molar-refractivity contribution in [2.75, 3.05) is 0 Å². The molecular weight excluding hydrogens is 189 g/mol. The molecule has 1 saturated carbocycles. The van der Waals surface area contributed by atoms with Gasteiger partial charge in [-0.2, -0.15) is 0 Å². The lowest BCUT2D eigenvalue weighted by Gasteiger charge is -2.15. The number of hydrogen-bond acceptors (Lipinski definition) is 2. The Morgan fingerprint density at radius 2 is 1.92 bits per heavy atom. The van der Waals surface area contributed by atoms with Crippen LogP contribution in [0, 0.1) is 5.92 Å². The SMILES string of the molecule is N[C@@H](CCC1CCCC1)P(=O)(O)O. The predicted octanol–water partition coefficient (Wildman–Crippen LogP) is 1.42. The highest BCUT2D eigenvalue weighted by Gasteiger charge is 2.25. The van der Waals surface area contributed by atoms with Crippen molar-refractivity contribution in [3.05, 3.63) is 0 Å². The third-order valence-corrected chi connectivity index (χ3v) is 3.90. The maximum absolute atomic E-state index is 10.7. The van der Waals surface area contributed by atoms with Gasteiger partial charge in [-0.05, 0) is 18.8 Å². The maximum atomic E-state index is 10.7. The highest BCUT2D eigenvalue weighted by atomic mass is 31.2. The van der Waals surface area contributed by atoms with E-state index in [-0.39, 0.29) is 0 Å². The molecule has 0 aromatic rings. The molecule has 1 fully saturated rings. The van der Waals surface area contributed by atoms with Crippen molar-refractivity contribution < 1.29 is 14.4 Å². The third-order valence-electron chi connectivity index (χ3n) is 2.78. The molecule has 5 heteroatoms. The Labute approximate surface area is 78.7 Å². The Hall–Kier alpha value is 0.110. The van der Waals surface area contributed by atoms with E-state index in [2.05, 4.69) is 0 Å². The van der Waals surface area contributed by atoms with Crippen molar-refractivity contribution in [2.24, 2.45) is 11.7 Å². The second-order valence-electron chi connectivity index (χ2n) is 3.88. The lowest BCUT2D eigenvalue weighted by Crippen LogP contribution is -2.20. The first kappa shape index (κ1) is 11.2. The molecule has 0 bridgehead atoms. The number of hydrogen-bond donors (Lipinski definition) is 3. The highest BCUT2D eigenvalue weighted by molar-refractivity contribution is 7.52. The first-order valence-corrected chi connectivity index (χ1v) is 6.49. The van der Waals surface area contributed by atoms with E-state index in [1.807, 2.05) is 0 Å². The first-order chi connectivity index (χ1) is 6.00. The molecule has 0 amide bonds. The Bertz CT molecular complexity index is 198. The van der Waals surface area contributed by atoms with Crippen LogP contribution in [0.5, 0.6) is 0 Å². The van der Waals surface area contributed by atoms with Gasteiger partial charge in [0, 0.05) is 0 Å². The van der Waals surface area contributed by atoms with Crippen molar-refractivity contribution in [3.63, 3.8) is 0 Å². The molecule has 0 aliphatic heterocycles. The van der Waals surface area contributed by atoms with Gasteiger partial charge in [0.15, 0.2) is 0 Å². The van der Waals surface area contributed by atoms with Gasteiger partial charge in [0.2, 0.25) is 0 Å². The summed E-state index contributed by atoms with van der Waals surface area (Å²) >= 11 is 0. The van der Waals surface area contributed by atoms with Gasteiger partial charge in [0.25, 0.3) is 0 Å². The molecule has 1 aliphatic carbocycles. The summed E-state index contributed by atoms with van der Waals surface area (Å²) in [5.74, 6) is -0.300. The summed E-state index contributed by atoms with van der Waals surface area (Å²) in [6, 6.07) is 0. The number of nitrogens with two attached hydrogens (primary N) is 1. The van der Waals surface area contributed by atoms with Gasteiger partial charge in [0.1, 0.15) is 5.78 Å². The fraction of sp³-hybridized carbons (Fsp3) is 1.00. The summed E-state index contributed by atoms with van der Waals surface area (Å²) in [5, 5.41) is 0. The molecule has 78 valence electrons. The zero-order valence-electron chi connectivity index (χ0n) is 7.72. The van der Waals surface area contributed by atoms with Crippen molar-refractivity contribution in [1.29, 1.82) is 0 Å². The minimum absolute atomic E-state index is 0.453. The van der Waals surface area contributed by atoms with Crippen LogP contribution in [0.2, 0.25) is 0 Å². The Balaban J connectivity index is 2.21. The zero-order valence-corrected chi connectivity index (χ0v) is 8.62. The molecule has 4 nitrogen and oxygen atoms in total. The first-order valence-electron chi connectivity index (χ1n) is 4.81. The van der Waals surface area contributed by atoms with E-state index in [9.17, 15) is 4.57 Å². The summed E-state index contributed by atoms with van der Waals surface area (Å²) in [5.41, 5.74) is 5.37. The van der Waals surface area contributed by atoms with Crippen LogP contribution >= 0.6 is 7.60 Å². The molecule has 0 aromatic carbocycles. The van der Waals surface area contributed by atoms with Gasteiger partial charge < -0.3 is 15.5 Å². The minimum Gasteiger partial charge on any atom is -0.323 e. The van der Waals surface area contributed by atoms with Crippen LogP contribution in [-0.2, 0) is 4.57 Å². The second kappa shape index (κ2) is 4.56. The van der Waals surface area contributed by atoms with E-state index in [0.29, 0.717) is 12.3 Å². The Morgan fingerprint density at radius 1 is 1.38 bits per heavy atom. The van der Waals surface area contributed by atoms with Crippen molar-refractivity contribution in [2.45, 2.75) is 44.3 Å². The lowest BCUT2D eigenvalue weighted by molar-refractivity contribution is 0.348. The molecule has 0 saturated heterocycles. The Kier molecular flexibility index (Phi) is 3.92. The smallest absolute Gasteiger partial charge is 0.323 e. The van der Waals surface area contributed by atoms with E-state index < -0.39 is 13.4 Å². The zero-order chi connectivity index (χ0) is 9.90. The molecule has 1 aliphatic rings. The van der Waals surface area contributed by atoms with Gasteiger partial charge in [-0.3, -0.25) is 4.57 Å². The molecule has 0 unspecified atom stereocenters. The molecule has 4 N–H and O–H groups in total. The summed E-state index contributed by atoms with van der Waals surface area (Å²) in [4.78, 5) is 17.5. The molecule has 0 heterocycles. The fourth-order valence-electron chi connectivity index (χ4n) is 1.87.